The molecule has 1 aromatic rings. The maximum absolute atomic E-state index is 5.42. The van der Waals surface area contributed by atoms with Crippen LogP contribution in [-0.2, 0) is 11.8 Å². The van der Waals surface area contributed by atoms with Crippen molar-refractivity contribution in [1.82, 2.24) is 14.9 Å². The van der Waals surface area contributed by atoms with Gasteiger partial charge in [-0.2, -0.15) is 0 Å². The van der Waals surface area contributed by atoms with Crippen molar-refractivity contribution in [3.63, 3.8) is 0 Å². The molecule has 1 aliphatic heterocycles. The Kier molecular flexibility index (Phi) is 4.57. The number of imidazole rings is 1. The van der Waals surface area contributed by atoms with E-state index in [2.05, 4.69) is 28.8 Å². The summed E-state index contributed by atoms with van der Waals surface area (Å²) < 4.78 is 7.54. The average Bonchev–Trinajstić information content (AvgIpc) is 2.76. The van der Waals surface area contributed by atoms with Crippen LogP contribution in [0.1, 0.15) is 37.9 Å². The van der Waals surface area contributed by atoms with Gasteiger partial charge in [0.25, 0.3) is 0 Å². The van der Waals surface area contributed by atoms with E-state index >= 15 is 0 Å². The Morgan fingerprint density at radius 2 is 2.29 bits per heavy atom. The maximum atomic E-state index is 5.42. The molecule has 1 saturated heterocycles. The lowest BCUT2D eigenvalue weighted by Crippen LogP contribution is -2.27. The number of nitrogens with one attached hydrogen (secondary N) is 1. The van der Waals surface area contributed by atoms with Crippen LogP contribution in [0.2, 0.25) is 0 Å². The highest BCUT2D eigenvalue weighted by Gasteiger charge is 2.21. The van der Waals surface area contributed by atoms with E-state index in [0.717, 1.165) is 25.7 Å². The van der Waals surface area contributed by atoms with E-state index in [4.69, 9.17) is 4.74 Å². The average molecular weight is 237 g/mol. The third-order valence-corrected chi connectivity index (χ3v) is 3.57. The van der Waals surface area contributed by atoms with Gasteiger partial charge in [0.2, 0.25) is 0 Å². The molecule has 2 rings (SSSR count). The predicted molar refractivity (Wildman–Crippen MR) is 67.8 cm³/mol. The van der Waals surface area contributed by atoms with Crippen LogP contribution in [0.5, 0.6) is 0 Å². The summed E-state index contributed by atoms with van der Waals surface area (Å²) in [7, 11) is 2.07. The summed E-state index contributed by atoms with van der Waals surface area (Å²) in [5, 5.41) is 3.57. The van der Waals surface area contributed by atoms with Gasteiger partial charge in [0.1, 0.15) is 0 Å². The summed E-state index contributed by atoms with van der Waals surface area (Å²) in [6.07, 6.45) is 7.44. The van der Waals surface area contributed by atoms with Gasteiger partial charge in [0.05, 0.1) is 12.0 Å². The fraction of sp³-hybridized carbons (Fsp3) is 0.769. The van der Waals surface area contributed by atoms with E-state index in [-0.39, 0.29) is 0 Å². The Morgan fingerprint density at radius 3 is 2.88 bits per heavy atom. The highest BCUT2D eigenvalue weighted by Crippen LogP contribution is 2.27. The van der Waals surface area contributed by atoms with E-state index in [1.165, 1.54) is 25.0 Å². The van der Waals surface area contributed by atoms with Crippen LogP contribution in [0.4, 0.5) is 0 Å². The molecule has 96 valence electrons. The Hall–Kier alpha value is -0.870. The topological polar surface area (TPSA) is 39.1 Å². The Balaban J connectivity index is 1.99. The first-order valence-corrected chi connectivity index (χ1v) is 6.58. The summed E-state index contributed by atoms with van der Waals surface area (Å²) in [6.45, 7) is 5.01. The molecule has 0 aromatic carbocycles. The lowest BCUT2D eigenvalue weighted by molar-refractivity contribution is 0.0603. The molecular formula is C13H23N3O. The van der Waals surface area contributed by atoms with Gasteiger partial charge in [-0.25, -0.2) is 4.98 Å². The second-order valence-corrected chi connectivity index (χ2v) is 4.83. The van der Waals surface area contributed by atoms with Gasteiger partial charge in [-0.3, -0.25) is 0 Å². The van der Waals surface area contributed by atoms with Gasteiger partial charge < -0.3 is 14.6 Å². The maximum Gasteiger partial charge on any atom is 0.0946 e. The smallest absolute Gasteiger partial charge is 0.0946 e. The summed E-state index contributed by atoms with van der Waals surface area (Å²) >= 11 is 0. The van der Waals surface area contributed by atoms with Crippen LogP contribution >= 0.6 is 0 Å². The quantitative estimate of drug-likeness (QED) is 0.850. The third kappa shape index (κ3) is 3.30. The minimum Gasteiger partial charge on any atom is -0.381 e. The lowest BCUT2D eigenvalue weighted by atomic mass is 9.91. The van der Waals surface area contributed by atoms with Crippen LogP contribution in [0.25, 0.3) is 0 Å². The Labute approximate surface area is 103 Å². The second-order valence-electron chi connectivity index (χ2n) is 4.83. The van der Waals surface area contributed by atoms with Gasteiger partial charge in [0.15, 0.2) is 0 Å². The van der Waals surface area contributed by atoms with Gasteiger partial charge in [-0.15, -0.1) is 0 Å². The van der Waals surface area contributed by atoms with Gasteiger partial charge >= 0.3 is 0 Å². The molecule has 0 saturated carbocycles. The Bertz CT molecular complexity index is 331. The van der Waals surface area contributed by atoms with Crippen molar-refractivity contribution in [2.24, 2.45) is 13.0 Å². The van der Waals surface area contributed by atoms with Crippen molar-refractivity contribution < 1.29 is 4.74 Å². The second kappa shape index (κ2) is 6.17. The van der Waals surface area contributed by atoms with Crippen molar-refractivity contribution in [1.29, 1.82) is 0 Å². The van der Waals surface area contributed by atoms with Crippen LogP contribution < -0.4 is 5.32 Å². The number of rotatable bonds is 5. The van der Waals surface area contributed by atoms with Gasteiger partial charge in [-0.05, 0) is 31.7 Å². The summed E-state index contributed by atoms with van der Waals surface area (Å²) in [6, 6.07) is 0.426. The highest BCUT2D eigenvalue weighted by molar-refractivity contribution is 5.05. The molecule has 1 aliphatic rings. The van der Waals surface area contributed by atoms with Gasteiger partial charge in [0, 0.05) is 32.5 Å². The lowest BCUT2D eigenvalue weighted by Gasteiger charge is -2.27. The molecule has 0 spiro atoms. The van der Waals surface area contributed by atoms with E-state index in [0.29, 0.717) is 6.04 Å². The molecule has 2 heterocycles. The van der Waals surface area contributed by atoms with Gasteiger partial charge in [-0.1, -0.05) is 6.92 Å². The zero-order valence-corrected chi connectivity index (χ0v) is 10.9. The van der Waals surface area contributed by atoms with E-state index in [9.17, 15) is 0 Å². The molecule has 4 heteroatoms. The first-order chi connectivity index (χ1) is 8.31. The zero-order valence-electron chi connectivity index (χ0n) is 10.9. The van der Waals surface area contributed by atoms with Crippen LogP contribution in [0, 0.1) is 5.92 Å². The van der Waals surface area contributed by atoms with Crippen LogP contribution in [-0.4, -0.2) is 29.3 Å². The number of aromatic nitrogens is 2. The monoisotopic (exact) mass is 237 g/mol. The van der Waals surface area contributed by atoms with E-state index in [1.54, 1.807) is 0 Å². The van der Waals surface area contributed by atoms with Crippen molar-refractivity contribution in [2.75, 3.05) is 19.8 Å². The first kappa shape index (κ1) is 12.6. The van der Waals surface area contributed by atoms with Crippen molar-refractivity contribution in [3.8, 4) is 0 Å². The molecule has 1 aromatic heterocycles. The molecular weight excluding hydrogens is 214 g/mol. The SMILES string of the molecule is CCNC(CC1CCOCC1)c1cncn1C. The van der Waals surface area contributed by atoms with E-state index < -0.39 is 0 Å². The van der Waals surface area contributed by atoms with Crippen molar-refractivity contribution in [2.45, 2.75) is 32.2 Å². The summed E-state index contributed by atoms with van der Waals surface area (Å²) in [5.41, 5.74) is 1.29. The molecule has 1 atom stereocenters. The number of aryl methyl sites for hydroxylation is 1. The molecule has 1 unspecified atom stereocenters. The number of ether oxygens (including phenoxy) is 1. The van der Waals surface area contributed by atoms with Crippen molar-refractivity contribution >= 4 is 0 Å². The fourth-order valence-electron chi connectivity index (χ4n) is 2.57. The number of hydrogen-bond acceptors (Lipinski definition) is 3. The fourth-order valence-corrected chi connectivity index (χ4v) is 2.57. The largest absolute Gasteiger partial charge is 0.381 e. The molecule has 4 nitrogen and oxygen atoms in total. The number of nitrogens with zero attached hydrogens (tertiary/aromatic N) is 2. The zero-order chi connectivity index (χ0) is 12.1. The third-order valence-electron chi connectivity index (χ3n) is 3.57. The standard InChI is InChI=1S/C13H23N3O/c1-3-15-12(13-9-14-10-16(13)2)8-11-4-6-17-7-5-11/h9-12,15H,3-8H2,1-2H3. The molecule has 0 bridgehead atoms. The summed E-state index contributed by atoms with van der Waals surface area (Å²) in [4.78, 5) is 4.22. The van der Waals surface area contributed by atoms with Crippen LogP contribution in [0.15, 0.2) is 12.5 Å². The van der Waals surface area contributed by atoms with E-state index in [1.807, 2.05) is 12.5 Å². The number of hydrogen-bond donors (Lipinski definition) is 1. The molecule has 0 radical (unpaired) electrons. The highest BCUT2D eigenvalue weighted by atomic mass is 16.5. The Morgan fingerprint density at radius 1 is 1.53 bits per heavy atom. The normalized spacial score (nSPS) is 19.4. The summed E-state index contributed by atoms with van der Waals surface area (Å²) in [5.74, 6) is 0.780. The van der Waals surface area contributed by atoms with Crippen molar-refractivity contribution in [3.05, 3.63) is 18.2 Å². The molecule has 0 amide bonds. The molecule has 1 fully saturated rings. The van der Waals surface area contributed by atoms with Crippen LogP contribution in [0.3, 0.4) is 0 Å². The minimum absolute atomic E-state index is 0.426. The first-order valence-electron chi connectivity index (χ1n) is 6.58. The molecule has 17 heavy (non-hydrogen) atoms. The molecule has 0 aliphatic carbocycles. The minimum atomic E-state index is 0.426. The molecule has 1 N–H and O–H groups in total. The predicted octanol–water partition coefficient (Wildman–Crippen LogP) is 1.89.